The van der Waals surface area contributed by atoms with Crippen LogP contribution in [0.1, 0.15) is 32.1 Å². The van der Waals surface area contributed by atoms with Crippen molar-refractivity contribution in [2.24, 2.45) is 15.6 Å². The molecule has 0 aromatic heterocycles. The molecule has 0 amide bonds. The van der Waals surface area contributed by atoms with Gasteiger partial charge in [0.25, 0.3) is 0 Å². The Bertz CT molecular complexity index is 399. The van der Waals surface area contributed by atoms with Crippen LogP contribution >= 0.6 is 11.6 Å². The summed E-state index contributed by atoms with van der Waals surface area (Å²) in [5.74, 6) is 0.209. The van der Waals surface area contributed by atoms with Crippen LogP contribution in [-0.2, 0) is 0 Å². The number of hydrogen-bond donors (Lipinski definition) is 0. The molecule has 0 unspecified atom stereocenters. The predicted molar refractivity (Wildman–Crippen MR) is 61.1 cm³/mol. The normalized spacial score (nSPS) is 43.6. The van der Waals surface area contributed by atoms with Crippen molar-refractivity contribution in [1.82, 2.24) is 0 Å². The maximum atomic E-state index is 14.4. The summed E-state index contributed by atoms with van der Waals surface area (Å²) in [6.45, 7) is 0. The van der Waals surface area contributed by atoms with E-state index in [0.29, 0.717) is 25.7 Å². The molecule has 2 bridgehead atoms. The van der Waals surface area contributed by atoms with Crippen LogP contribution in [0.4, 0.5) is 4.39 Å². The molecule has 0 atom stereocenters. The molecule has 0 aromatic carbocycles. The van der Waals surface area contributed by atoms with Gasteiger partial charge in [-0.3, -0.25) is 0 Å². The fourth-order valence-electron chi connectivity index (χ4n) is 3.07. The van der Waals surface area contributed by atoms with Gasteiger partial charge < -0.3 is 0 Å². The Kier molecular flexibility index (Phi) is 2.86. The van der Waals surface area contributed by atoms with E-state index >= 15 is 0 Å². The van der Waals surface area contributed by atoms with Crippen molar-refractivity contribution in [2.45, 2.75) is 43.4 Å². The predicted octanol–water partition coefficient (Wildman–Crippen LogP) is 4.21. The molecule has 0 heterocycles. The van der Waals surface area contributed by atoms with Crippen molar-refractivity contribution < 1.29 is 4.39 Å². The lowest BCUT2D eigenvalue weighted by Gasteiger charge is -2.57. The van der Waals surface area contributed by atoms with Crippen molar-refractivity contribution in [1.29, 1.82) is 0 Å². The average molecular weight is 259 g/mol. The van der Waals surface area contributed by atoms with Crippen LogP contribution in [0.15, 0.2) is 10.2 Å². The van der Waals surface area contributed by atoms with Gasteiger partial charge in [0.1, 0.15) is 11.3 Å². The molecule has 3 rings (SSSR count). The van der Waals surface area contributed by atoms with E-state index in [4.69, 9.17) is 22.7 Å². The number of halogens is 2. The first-order valence-electron chi connectivity index (χ1n) is 5.43. The maximum absolute atomic E-state index is 14.4. The van der Waals surface area contributed by atoms with Gasteiger partial charge in [-0.2, -0.15) is 0 Å². The van der Waals surface area contributed by atoms with E-state index in [0.717, 1.165) is 0 Å². The largest absolute Gasteiger partial charge is 0.244 e. The first-order chi connectivity index (χ1) is 8.05. The topological polar surface area (TPSA) is 97.5 Å². The van der Waals surface area contributed by atoms with Crippen LogP contribution in [0.5, 0.6) is 0 Å². The maximum Gasteiger partial charge on any atom is 0.136 e. The Hall–Kier alpha value is -1.16. The molecular formula is C9H12ClFN6. The van der Waals surface area contributed by atoms with Gasteiger partial charge >= 0.3 is 0 Å². The van der Waals surface area contributed by atoms with Crippen LogP contribution in [0.3, 0.4) is 0 Å². The van der Waals surface area contributed by atoms with Gasteiger partial charge in [-0.05, 0) is 43.2 Å². The highest BCUT2D eigenvalue weighted by Crippen LogP contribution is 2.61. The molecule has 6 nitrogen and oxygen atoms in total. The third-order valence-corrected chi connectivity index (χ3v) is 4.70. The van der Waals surface area contributed by atoms with Crippen molar-refractivity contribution in [2.75, 3.05) is 5.88 Å². The fraction of sp³-hybridized carbons (Fsp3) is 1.00. The van der Waals surface area contributed by atoms with E-state index in [9.17, 15) is 4.39 Å². The van der Waals surface area contributed by atoms with Gasteiger partial charge in [0.15, 0.2) is 0 Å². The van der Waals surface area contributed by atoms with Gasteiger partial charge in [0.05, 0.1) is 0 Å². The van der Waals surface area contributed by atoms with E-state index in [1.54, 1.807) is 0 Å². The molecule has 0 radical (unpaired) electrons. The first-order valence-corrected chi connectivity index (χ1v) is 5.96. The highest BCUT2D eigenvalue weighted by atomic mass is 35.5. The SMILES string of the molecule is [N-]=[N+]=NC1(N=[N+]=[N-])CC2(F)CCC1(CCl)CC2. The molecule has 0 spiro atoms. The van der Waals surface area contributed by atoms with E-state index < -0.39 is 16.7 Å². The van der Waals surface area contributed by atoms with Crippen molar-refractivity contribution in [3.63, 3.8) is 0 Å². The Labute approximate surface area is 102 Å². The molecule has 0 aromatic rings. The first kappa shape index (κ1) is 12.3. The Morgan fingerprint density at radius 2 is 1.65 bits per heavy atom. The number of hydrogen-bond acceptors (Lipinski definition) is 2. The van der Waals surface area contributed by atoms with Gasteiger partial charge in [0, 0.05) is 21.1 Å². The summed E-state index contributed by atoms with van der Waals surface area (Å²) in [6, 6.07) is 0. The van der Waals surface area contributed by atoms with Crippen molar-refractivity contribution in [3.05, 3.63) is 20.9 Å². The summed E-state index contributed by atoms with van der Waals surface area (Å²) < 4.78 is 14.4. The van der Waals surface area contributed by atoms with Gasteiger partial charge in [-0.1, -0.05) is 10.2 Å². The minimum absolute atomic E-state index is 0.0547. The molecule has 8 heteroatoms. The smallest absolute Gasteiger partial charge is 0.136 e. The zero-order valence-corrected chi connectivity index (χ0v) is 9.94. The number of alkyl halides is 2. The molecule has 92 valence electrons. The standard InChI is InChI=1S/C9H12ClFN6/c10-6-7-1-3-8(11,4-2-7)5-9(7,14-16-12)15-17-13/h1-6H2. The van der Waals surface area contributed by atoms with Gasteiger partial charge in [-0.25, -0.2) is 4.39 Å². The number of fused-ring (bicyclic) bond motifs is 3. The van der Waals surface area contributed by atoms with Crippen LogP contribution < -0.4 is 0 Å². The Morgan fingerprint density at radius 1 is 1.12 bits per heavy atom. The van der Waals surface area contributed by atoms with E-state index in [2.05, 4.69) is 20.1 Å². The second-order valence-electron chi connectivity index (χ2n) is 4.94. The lowest BCUT2D eigenvalue weighted by Crippen LogP contribution is -2.59. The average Bonchev–Trinajstić information content (AvgIpc) is 2.30. The zero-order valence-electron chi connectivity index (χ0n) is 9.18. The quantitative estimate of drug-likeness (QED) is 0.313. The number of nitrogens with zero attached hydrogens (tertiary/aromatic N) is 6. The van der Waals surface area contributed by atoms with Crippen molar-refractivity contribution >= 4 is 11.6 Å². The molecule has 3 aliphatic rings. The molecule has 0 aliphatic heterocycles. The summed E-state index contributed by atoms with van der Waals surface area (Å²) in [5.41, 5.74) is 13.9. The summed E-state index contributed by atoms with van der Waals surface area (Å²) >= 11 is 5.97. The fourth-order valence-corrected chi connectivity index (χ4v) is 3.56. The second kappa shape index (κ2) is 3.95. The molecule has 0 saturated heterocycles. The van der Waals surface area contributed by atoms with Crippen molar-refractivity contribution in [3.8, 4) is 0 Å². The molecule has 0 N–H and O–H groups in total. The minimum atomic E-state index is -1.39. The number of azide groups is 1. The van der Waals surface area contributed by atoms with E-state index in [1.807, 2.05) is 0 Å². The van der Waals surface area contributed by atoms with E-state index in [1.165, 1.54) is 0 Å². The van der Waals surface area contributed by atoms with Crippen LogP contribution in [0.2, 0.25) is 0 Å². The zero-order chi connectivity index (χ0) is 12.6. The second-order valence-corrected chi connectivity index (χ2v) is 5.20. The monoisotopic (exact) mass is 258 g/mol. The van der Waals surface area contributed by atoms with Gasteiger partial charge in [-0.15, -0.1) is 11.6 Å². The Morgan fingerprint density at radius 3 is 2.06 bits per heavy atom. The van der Waals surface area contributed by atoms with Gasteiger partial charge in [0.2, 0.25) is 0 Å². The minimum Gasteiger partial charge on any atom is -0.244 e. The molecule has 3 saturated carbocycles. The molecule has 3 aliphatic carbocycles. The summed E-state index contributed by atoms with van der Waals surface area (Å²) in [4.78, 5) is 5.46. The van der Waals surface area contributed by atoms with Crippen LogP contribution in [-0.4, -0.2) is 17.2 Å². The Balaban J connectivity index is 2.55. The summed E-state index contributed by atoms with van der Waals surface area (Å²) in [6.07, 6.45) is 1.71. The highest BCUT2D eigenvalue weighted by Gasteiger charge is 2.62. The third-order valence-electron chi connectivity index (χ3n) is 4.19. The lowest BCUT2D eigenvalue weighted by atomic mass is 9.54. The van der Waals surface area contributed by atoms with Crippen LogP contribution in [0.25, 0.3) is 20.9 Å². The number of rotatable bonds is 3. The molecule has 3 fully saturated rings. The lowest BCUT2D eigenvalue weighted by molar-refractivity contribution is -0.0831. The highest BCUT2D eigenvalue weighted by molar-refractivity contribution is 6.18. The molecular weight excluding hydrogens is 247 g/mol. The summed E-state index contributed by atoms with van der Waals surface area (Å²) in [7, 11) is 0. The molecule has 17 heavy (non-hydrogen) atoms. The van der Waals surface area contributed by atoms with Crippen LogP contribution in [0, 0.1) is 5.41 Å². The third kappa shape index (κ3) is 1.62. The summed E-state index contributed by atoms with van der Waals surface area (Å²) in [5, 5.41) is 7.22. The van der Waals surface area contributed by atoms with E-state index in [-0.39, 0.29) is 12.3 Å².